The van der Waals surface area contributed by atoms with E-state index in [-0.39, 0.29) is 6.03 Å². The van der Waals surface area contributed by atoms with E-state index in [1.54, 1.807) is 6.20 Å². The summed E-state index contributed by atoms with van der Waals surface area (Å²) in [5.74, 6) is 0. The molecule has 0 fully saturated rings. The average molecular weight is 247 g/mol. The van der Waals surface area contributed by atoms with Gasteiger partial charge in [-0.15, -0.1) is 11.3 Å². The zero-order valence-electron chi connectivity index (χ0n) is 9.65. The molecule has 0 atom stereocenters. The van der Waals surface area contributed by atoms with Crippen LogP contribution < -0.4 is 10.6 Å². The van der Waals surface area contributed by atoms with Crippen LogP contribution in [0, 0.1) is 13.8 Å². The lowest BCUT2D eigenvalue weighted by Gasteiger charge is -2.08. The molecule has 0 radical (unpaired) electrons. The molecule has 1 heterocycles. The number of hydrogen-bond donors (Lipinski definition) is 2. The maximum absolute atomic E-state index is 11.7. The molecule has 4 nitrogen and oxygen atoms in total. The zero-order chi connectivity index (χ0) is 12.3. The van der Waals surface area contributed by atoms with Crippen molar-refractivity contribution in [3.63, 3.8) is 0 Å². The molecule has 0 saturated heterocycles. The molecule has 5 heteroatoms. The molecule has 0 aliphatic heterocycles. The summed E-state index contributed by atoms with van der Waals surface area (Å²) in [4.78, 5) is 15.6. The van der Waals surface area contributed by atoms with Crippen molar-refractivity contribution < 1.29 is 4.79 Å². The Morgan fingerprint density at radius 3 is 2.76 bits per heavy atom. The number of hydrogen-bond acceptors (Lipinski definition) is 3. The molecule has 1 aromatic heterocycles. The number of nitrogens with one attached hydrogen (secondary N) is 2. The van der Waals surface area contributed by atoms with Crippen LogP contribution in [-0.4, -0.2) is 11.0 Å². The Hall–Kier alpha value is -1.88. The van der Waals surface area contributed by atoms with E-state index in [1.165, 1.54) is 16.9 Å². The number of urea groups is 1. The first-order valence-corrected chi connectivity index (χ1v) is 6.08. The SMILES string of the molecule is Cc1ccc(NC(=O)Nc2nccs2)c(C)c1. The van der Waals surface area contributed by atoms with Crippen LogP contribution in [0.2, 0.25) is 0 Å². The summed E-state index contributed by atoms with van der Waals surface area (Å²) in [6, 6.07) is 5.61. The van der Waals surface area contributed by atoms with E-state index in [9.17, 15) is 4.79 Å². The minimum Gasteiger partial charge on any atom is -0.307 e. The van der Waals surface area contributed by atoms with Gasteiger partial charge in [-0.3, -0.25) is 5.32 Å². The summed E-state index contributed by atoms with van der Waals surface area (Å²) in [6.45, 7) is 3.98. The molecule has 1 aromatic carbocycles. The first-order valence-electron chi connectivity index (χ1n) is 5.20. The lowest BCUT2D eigenvalue weighted by atomic mass is 10.1. The van der Waals surface area contributed by atoms with Crippen molar-refractivity contribution in [2.45, 2.75) is 13.8 Å². The van der Waals surface area contributed by atoms with Crippen LogP contribution in [-0.2, 0) is 0 Å². The van der Waals surface area contributed by atoms with E-state index in [2.05, 4.69) is 15.6 Å². The van der Waals surface area contributed by atoms with Gasteiger partial charge in [0.2, 0.25) is 0 Å². The molecule has 2 amide bonds. The Bertz CT molecular complexity index is 523. The standard InChI is InChI=1S/C12H13N3OS/c1-8-3-4-10(9(2)7-8)14-11(16)15-12-13-5-6-17-12/h3-7H,1-2H3,(H2,13,14,15,16). The number of aryl methyl sites for hydroxylation is 2. The Balaban J connectivity index is 2.03. The van der Waals surface area contributed by atoms with Gasteiger partial charge in [-0.05, 0) is 25.5 Å². The number of benzene rings is 1. The topological polar surface area (TPSA) is 54.0 Å². The van der Waals surface area contributed by atoms with Crippen molar-refractivity contribution >= 4 is 28.2 Å². The molecular formula is C12H13N3OS. The number of nitrogens with zero attached hydrogens (tertiary/aromatic N) is 1. The second-order valence-corrected chi connectivity index (χ2v) is 4.63. The minimum absolute atomic E-state index is 0.271. The maximum Gasteiger partial charge on any atom is 0.325 e. The van der Waals surface area contributed by atoms with Gasteiger partial charge in [-0.1, -0.05) is 17.7 Å². The Morgan fingerprint density at radius 1 is 1.29 bits per heavy atom. The predicted molar refractivity (Wildman–Crippen MR) is 70.7 cm³/mol. The predicted octanol–water partition coefficient (Wildman–Crippen LogP) is 3.40. The van der Waals surface area contributed by atoms with Crippen LogP contribution in [0.15, 0.2) is 29.8 Å². The van der Waals surface area contributed by atoms with E-state index in [0.717, 1.165) is 11.3 Å². The third-order valence-corrected chi connectivity index (χ3v) is 2.97. The Kier molecular flexibility index (Phi) is 3.39. The normalized spacial score (nSPS) is 10.0. The van der Waals surface area contributed by atoms with Crippen LogP contribution in [0.4, 0.5) is 15.6 Å². The van der Waals surface area contributed by atoms with E-state index < -0.39 is 0 Å². The number of amides is 2. The molecular weight excluding hydrogens is 234 g/mol. The number of aromatic nitrogens is 1. The molecule has 0 aliphatic carbocycles. The van der Waals surface area contributed by atoms with Gasteiger partial charge in [0, 0.05) is 17.3 Å². The van der Waals surface area contributed by atoms with E-state index in [4.69, 9.17) is 0 Å². The third kappa shape index (κ3) is 3.04. The third-order valence-electron chi connectivity index (χ3n) is 2.28. The molecule has 0 aliphatic rings. The van der Waals surface area contributed by atoms with Gasteiger partial charge in [0.15, 0.2) is 5.13 Å². The monoisotopic (exact) mass is 247 g/mol. The van der Waals surface area contributed by atoms with Crippen molar-refractivity contribution in [2.75, 3.05) is 10.6 Å². The molecule has 0 bridgehead atoms. The summed E-state index contributed by atoms with van der Waals surface area (Å²) in [7, 11) is 0. The van der Waals surface area contributed by atoms with Gasteiger partial charge in [0.25, 0.3) is 0 Å². The highest BCUT2D eigenvalue weighted by molar-refractivity contribution is 7.13. The summed E-state index contributed by atoms with van der Waals surface area (Å²) < 4.78 is 0. The van der Waals surface area contributed by atoms with Gasteiger partial charge in [0.05, 0.1) is 0 Å². The van der Waals surface area contributed by atoms with Gasteiger partial charge in [-0.2, -0.15) is 0 Å². The van der Waals surface area contributed by atoms with Crippen molar-refractivity contribution in [2.24, 2.45) is 0 Å². The number of rotatable bonds is 2. The van der Waals surface area contributed by atoms with Gasteiger partial charge >= 0.3 is 6.03 Å². The number of thiazole rings is 1. The maximum atomic E-state index is 11.7. The quantitative estimate of drug-likeness (QED) is 0.854. The highest BCUT2D eigenvalue weighted by Gasteiger charge is 2.05. The molecule has 88 valence electrons. The van der Waals surface area contributed by atoms with Gasteiger partial charge in [0.1, 0.15) is 0 Å². The smallest absolute Gasteiger partial charge is 0.307 e. The summed E-state index contributed by atoms with van der Waals surface area (Å²) in [6.07, 6.45) is 1.65. The van der Waals surface area contributed by atoms with Crippen molar-refractivity contribution in [3.05, 3.63) is 40.9 Å². The van der Waals surface area contributed by atoms with Crippen LogP contribution in [0.1, 0.15) is 11.1 Å². The highest BCUT2D eigenvalue weighted by atomic mass is 32.1. The zero-order valence-corrected chi connectivity index (χ0v) is 10.5. The summed E-state index contributed by atoms with van der Waals surface area (Å²) in [5, 5.41) is 7.86. The fourth-order valence-corrected chi connectivity index (χ4v) is 2.01. The summed E-state index contributed by atoms with van der Waals surface area (Å²) in [5.41, 5.74) is 3.03. The van der Waals surface area contributed by atoms with E-state index in [1.807, 2.05) is 37.4 Å². The van der Waals surface area contributed by atoms with Crippen molar-refractivity contribution in [3.8, 4) is 0 Å². The van der Waals surface area contributed by atoms with Crippen LogP contribution in [0.3, 0.4) is 0 Å². The number of carbonyl (C=O) groups excluding carboxylic acids is 1. The van der Waals surface area contributed by atoms with Crippen molar-refractivity contribution in [1.82, 2.24) is 4.98 Å². The number of anilines is 2. The van der Waals surface area contributed by atoms with E-state index in [0.29, 0.717) is 5.13 Å². The first-order chi connectivity index (χ1) is 8.15. The van der Waals surface area contributed by atoms with Crippen LogP contribution >= 0.6 is 11.3 Å². The van der Waals surface area contributed by atoms with Gasteiger partial charge < -0.3 is 5.32 Å². The Morgan fingerprint density at radius 2 is 2.12 bits per heavy atom. The second kappa shape index (κ2) is 4.97. The van der Waals surface area contributed by atoms with Crippen LogP contribution in [0.25, 0.3) is 0 Å². The van der Waals surface area contributed by atoms with E-state index >= 15 is 0 Å². The Labute approximate surface area is 104 Å². The highest BCUT2D eigenvalue weighted by Crippen LogP contribution is 2.17. The molecule has 0 unspecified atom stereocenters. The van der Waals surface area contributed by atoms with Crippen molar-refractivity contribution in [1.29, 1.82) is 0 Å². The average Bonchev–Trinajstić information content (AvgIpc) is 2.75. The molecule has 2 aromatic rings. The number of carbonyl (C=O) groups is 1. The largest absolute Gasteiger partial charge is 0.325 e. The fraction of sp³-hybridized carbons (Fsp3) is 0.167. The molecule has 2 N–H and O–H groups in total. The molecule has 2 rings (SSSR count). The summed E-state index contributed by atoms with van der Waals surface area (Å²) >= 11 is 1.39. The lowest BCUT2D eigenvalue weighted by Crippen LogP contribution is -2.19. The van der Waals surface area contributed by atoms with Gasteiger partial charge in [-0.25, -0.2) is 9.78 Å². The minimum atomic E-state index is -0.271. The molecule has 17 heavy (non-hydrogen) atoms. The van der Waals surface area contributed by atoms with Crippen LogP contribution in [0.5, 0.6) is 0 Å². The molecule has 0 spiro atoms. The lowest BCUT2D eigenvalue weighted by molar-refractivity contribution is 0.262. The molecule has 0 saturated carbocycles. The first kappa shape index (κ1) is 11.6. The second-order valence-electron chi connectivity index (χ2n) is 3.73. The fourth-order valence-electron chi connectivity index (χ4n) is 1.49.